The van der Waals surface area contributed by atoms with Crippen molar-refractivity contribution in [1.82, 2.24) is 19.6 Å². The van der Waals surface area contributed by atoms with Crippen molar-refractivity contribution < 1.29 is 47.8 Å². The lowest BCUT2D eigenvalue weighted by atomic mass is 9.88. The van der Waals surface area contributed by atoms with Gasteiger partial charge in [0.25, 0.3) is 47.3 Å². The molecule has 24 rings (SSSR count). The summed E-state index contributed by atoms with van der Waals surface area (Å²) in [4.78, 5) is 101. The number of imide groups is 4. The summed E-state index contributed by atoms with van der Waals surface area (Å²) in [6, 6.07) is 10.9. The highest BCUT2D eigenvalue weighted by Crippen LogP contribution is 2.55. The second kappa shape index (κ2) is 46.1. The number of amides is 8. The van der Waals surface area contributed by atoms with Crippen molar-refractivity contribution in [2.45, 2.75) is 319 Å². The molecule has 1 saturated heterocycles. The molecule has 5 heterocycles. The SMILES string of the molecule is C.C1=CC2CC1CC2C1CC1.C1=CC2CC1CC2CCCCCCCC1CC1.C1=CC2CC1CC2CCc1ccccc1.C1=CC2CC1CC2COCC1CO1.CC1=C(C)C(=O)N(CC2CC3C=CC2C3)C1=O.CC1=C(C)C(=O)N(CCCC2CC3C=CC2C3)C1=O.CC1=C(C)C(=O)N(CCCCC2CC3C=CC2C3)C1=O.CC1=C(C)C(=O)N(CCCCCCC2CC3C=CC2C3)C1=O. The van der Waals surface area contributed by atoms with Crippen molar-refractivity contribution >= 4 is 47.3 Å². The maximum Gasteiger partial charge on any atom is 0.256 e. The van der Waals surface area contributed by atoms with Crippen molar-refractivity contribution in [3.8, 4) is 0 Å². The molecule has 8 amide bonds. The van der Waals surface area contributed by atoms with Crippen LogP contribution in [-0.2, 0) is 54.3 Å². The zero-order chi connectivity index (χ0) is 92.5. The Balaban J connectivity index is 0.000000112. The third kappa shape index (κ3) is 24.9. The summed E-state index contributed by atoms with van der Waals surface area (Å²) in [5, 5.41) is 0. The Morgan fingerprint density at radius 1 is 0.284 bits per heavy atom. The standard InChI is InChI=1S/C19H27NO2.C17H23NO2.C17H28.C16H21NO2.C15H18.C14H17NO2.C11H16O2.C10H14.CH4/c1-13-14(2)19(22)20(18(13)21)10-6-4-3-5-7-16-11-15-8-9-17(16)12-15;1-11-12(2)17(20)18(16(11)19)8-4-3-5-14-9-13-6-7-15(14)10-13;1(2-4-6-14-8-9-14)3-5-7-16-12-15-10-11-17(16)13-15;1-10-11(2)16(19)17(15(10)18)7-3-4-13-8-12-5-6-14(13)9-12;1-2-4-12(5-3-1)6-8-14-10-13-7-9-15(14)11-13;1-8-9(2)14(17)15(13(8)16)7-12-6-10-3-4-11(12)5-10;1-2-9-3-8(1)4-10(9)5-12-6-11-7-13-11;1-2-9-5-7(1)6-10(9)8-3-4-8;/h8-9,15-17H,3-7,10-12H2,1-2H3;6-7,13-15H,3-5,8-10H2,1-2H3;10-11,14-17H,1-9,12-13H2;5-6,12-14H,3-4,7-9H2,1-2H3;1-5,7,9,13-15H,6,8,10-11H2;3-4,10-12H,5-7H2,1-2H3;1-2,8-11H,3-7H2;1-2,7-10H,3-6H2;1H4. The van der Waals surface area contributed by atoms with Gasteiger partial charge in [-0.25, -0.2) is 0 Å². The molecule has 25 atom stereocenters. The highest BCUT2D eigenvalue weighted by atomic mass is 16.6. The number of epoxide rings is 1. The molecule has 134 heavy (non-hydrogen) atoms. The molecular formula is C120H168N4O10. The van der Waals surface area contributed by atoms with Crippen molar-refractivity contribution in [3.63, 3.8) is 0 Å². The van der Waals surface area contributed by atoms with Gasteiger partial charge in [0.1, 0.15) is 6.10 Å². The molecule has 10 saturated carbocycles. The van der Waals surface area contributed by atoms with E-state index in [2.05, 4.69) is 128 Å². The summed E-state index contributed by atoms with van der Waals surface area (Å²) in [6.45, 7) is 19.0. The predicted molar refractivity (Wildman–Crippen MR) is 537 cm³/mol. The minimum atomic E-state index is -0.0876. The Hall–Kier alpha value is -7.42. The molecule has 14 heteroatoms. The number of unbranched alkanes of at least 4 members (excludes halogenated alkanes) is 8. The van der Waals surface area contributed by atoms with E-state index in [1.165, 1.54) is 218 Å². The predicted octanol–water partition coefficient (Wildman–Crippen LogP) is 25.5. The number of ether oxygens (including phenoxy) is 2. The highest BCUT2D eigenvalue weighted by Gasteiger charge is 2.47. The molecule has 25 unspecified atom stereocenters. The number of benzene rings is 1. The van der Waals surface area contributed by atoms with Gasteiger partial charge in [0.15, 0.2) is 0 Å². The molecule has 23 aliphatic rings. The molecule has 16 bridgehead atoms. The van der Waals surface area contributed by atoms with Crippen LogP contribution < -0.4 is 0 Å². The van der Waals surface area contributed by atoms with E-state index in [-0.39, 0.29) is 54.7 Å². The first kappa shape index (κ1) is 99.6. The van der Waals surface area contributed by atoms with Crippen molar-refractivity contribution in [3.05, 3.63) is 178 Å². The Labute approximate surface area is 806 Å². The fourth-order valence-electron chi connectivity index (χ4n) is 28.0. The topological polar surface area (TPSA) is 171 Å². The lowest BCUT2D eigenvalue weighted by Gasteiger charge is -2.24. The lowest BCUT2D eigenvalue weighted by Crippen LogP contribution is -2.37. The largest absolute Gasteiger partial charge is 0.378 e. The van der Waals surface area contributed by atoms with Crippen LogP contribution in [0.5, 0.6) is 0 Å². The highest BCUT2D eigenvalue weighted by molar-refractivity contribution is 6.20. The third-order valence-electron chi connectivity index (χ3n) is 37.1. The number of hydrogen-bond acceptors (Lipinski definition) is 10. The van der Waals surface area contributed by atoms with Crippen molar-refractivity contribution in [2.24, 2.45) is 154 Å². The normalized spacial score (nSPS) is 35.2. The first-order valence-electron chi connectivity index (χ1n) is 54.3. The monoisotopic (exact) mass is 1830 g/mol. The van der Waals surface area contributed by atoms with Crippen LogP contribution in [0.3, 0.4) is 0 Å². The Kier molecular flexibility index (Phi) is 34.3. The van der Waals surface area contributed by atoms with E-state index in [9.17, 15) is 38.4 Å². The van der Waals surface area contributed by atoms with E-state index in [1.807, 2.05) is 0 Å². The lowest BCUT2D eigenvalue weighted by molar-refractivity contribution is -0.139. The van der Waals surface area contributed by atoms with Crippen LogP contribution in [0.2, 0.25) is 0 Å². The Morgan fingerprint density at radius 2 is 0.575 bits per heavy atom. The molecule has 18 aliphatic carbocycles. The number of hydrogen-bond donors (Lipinski definition) is 0. The molecule has 0 spiro atoms. The van der Waals surface area contributed by atoms with Gasteiger partial charge in [0.05, 0.1) is 19.8 Å². The first-order chi connectivity index (χ1) is 64.5. The van der Waals surface area contributed by atoms with E-state index in [0.717, 1.165) is 201 Å². The maximum atomic E-state index is 11.9. The summed E-state index contributed by atoms with van der Waals surface area (Å²) < 4.78 is 10.7. The molecule has 0 radical (unpaired) electrons. The van der Waals surface area contributed by atoms with E-state index < -0.39 is 0 Å². The number of carbonyl (C=O) groups excluding carboxylic acids is 8. The number of aryl methyl sites for hydroxylation is 1. The second-order valence-electron chi connectivity index (χ2n) is 46.2. The van der Waals surface area contributed by atoms with E-state index >= 15 is 0 Å². The van der Waals surface area contributed by atoms with Crippen LogP contribution in [0, 0.1) is 154 Å². The van der Waals surface area contributed by atoms with Crippen LogP contribution >= 0.6 is 0 Å². The van der Waals surface area contributed by atoms with E-state index in [0.29, 0.717) is 94.6 Å². The second-order valence-corrected chi connectivity index (χ2v) is 46.2. The van der Waals surface area contributed by atoms with Crippen molar-refractivity contribution in [1.29, 1.82) is 0 Å². The van der Waals surface area contributed by atoms with Gasteiger partial charge in [-0.2, -0.15) is 0 Å². The quantitative estimate of drug-likeness (QED) is 0.0280. The van der Waals surface area contributed by atoms with Crippen LogP contribution in [-0.4, -0.2) is 119 Å². The molecule has 11 fully saturated rings. The van der Waals surface area contributed by atoms with Crippen LogP contribution in [0.25, 0.3) is 0 Å². The van der Waals surface area contributed by atoms with Gasteiger partial charge in [-0.3, -0.25) is 58.0 Å². The molecule has 0 N–H and O–H groups in total. The third-order valence-corrected chi connectivity index (χ3v) is 37.1. The summed E-state index contributed by atoms with van der Waals surface area (Å²) in [7, 11) is 0. The number of nitrogens with zero attached hydrogens (tertiary/aromatic N) is 4. The average Bonchev–Trinajstić information content (AvgIpc) is 1.60. The summed E-state index contributed by atoms with van der Waals surface area (Å²) in [6.07, 6.45) is 91.7. The van der Waals surface area contributed by atoms with Crippen LogP contribution in [0.1, 0.15) is 312 Å². The van der Waals surface area contributed by atoms with Gasteiger partial charge in [-0.1, -0.05) is 212 Å². The minimum Gasteiger partial charge on any atom is -0.378 e. The molecule has 0 aromatic heterocycles. The van der Waals surface area contributed by atoms with Gasteiger partial charge in [0.2, 0.25) is 0 Å². The number of fused-ring (bicyclic) bond motifs is 16. The first-order valence-corrected chi connectivity index (χ1v) is 54.3. The fraction of sp³-hybridized carbons (Fsp3) is 0.683. The Morgan fingerprint density at radius 3 is 0.903 bits per heavy atom. The zero-order valence-corrected chi connectivity index (χ0v) is 82.6. The number of allylic oxidation sites excluding steroid dienone is 16. The Bertz CT molecular complexity index is 4620. The van der Waals surface area contributed by atoms with Gasteiger partial charge in [-0.15, -0.1) is 0 Å². The maximum absolute atomic E-state index is 11.9. The molecule has 14 nitrogen and oxygen atoms in total. The summed E-state index contributed by atoms with van der Waals surface area (Å²) in [5.41, 5.74) is 6.46. The molecule has 1 aromatic rings. The molecular weight excluding hydrogens is 1660 g/mol. The van der Waals surface area contributed by atoms with E-state index in [1.54, 1.807) is 68.2 Å². The summed E-state index contributed by atoms with van der Waals surface area (Å²) in [5.74, 6) is 22.3. The van der Waals surface area contributed by atoms with Crippen LogP contribution in [0.4, 0.5) is 0 Å². The van der Waals surface area contributed by atoms with Gasteiger partial charge < -0.3 is 9.47 Å². The van der Waals surface area contributed by atoms with Gasteiger partial charge in [0, 0.05) is 70.8 Å². The minimum absolute atomic E-state index is 0. The smallest absolute Gasteiger partial charge is 0.256 e. The van der Waals surface area contributed by atoms with Crippen LogP contribution in [0.15, 0.2) is 172 Å². The number of carbonyl (C=O) groups is 8. The zero-order valence-electron chi connectivity index (χ0n) is 82.6. The van der Waals surface area contributed by atoms with E-state index in [4.69, 9.17) is 9.47 Å². The van der Waals surface area contributed by atoms with Gasteiger partial charge in [-0.05, 0) is 388 Å². The molecule has 1 aromatic carbocycles. The van der Waals surface area contributed by atoms with Gasteiger partial charge >= 0.3 is 0 Å². The number of rotatable bonds is 34. The molecule has 728 valence electrons. The molecule has 5 aliphatic heterocycles. The average molecular weight is 1830 g/mol. The van der Waals surface area contributed by atoms with Crippen molar-refractivity contribution in [2.75, 3.05) is 46.0 Å². The summed E-state index contributed by atoms with van der Waals surface area (Å²) >= 11 is 0. The fourth-order valence-corrected chi connectivity index (χ4v) is 28.0.